The Morgan fingerprint density at radius 1 is 1.33 bits per heavy atom. The predicted octanol–water partition coefficient (Wildman–Crippen LogP) is 3.75. The van der Waals surface area contributed by atoms with Crippen molar-refractivity contribution in [3.05, 3.63) is 29.3 Å². The lowest BCUT2D eigenvalue weighted by Gasteiger charge is -2.12. The van der Waals surface area contributed by atoms with E-state index < -0.39 is 5.97 Å². The number of aryl methyl sites for hydroxylation is 1. The molecule has 0 spiro atoms. The van der Waals surface area contributed by atoms with Gasteiger partial charge in [0.05, 0.1) is 6.61 Å². The summed E-state index contributed by atoms with van der Waals surface area (Å²) in [6.45, 7) is 6.91. The van der Waals surface area contributed by atoms with E-state index in [-0.39, 0.29) is 6.42 Å². The van der Waals surface area contributed by atoms with Crippen molar-refractivity contribution < 1.29 is 14.6 Å². The van der Waals surface area contributed by atoms with Gasteiger partial charge in [-0.15, -0.1) is 0 Å². The van der Waals surface area contributed by atoms with Crippen molar-refractivity contribution in [1.82, 2.24) is 0 Å². The summed E-state index contributed by atoms with van der Waals surface area (Å²) in [7, 11) is 0. The maximum atomic E-state index is 10.4. The molecule has 0 aromatic heterocycles. The molecular weight excluding hydrogens is 228 g/mol. The molecule has 0 heterocycles. The van der Waals surface area contributed by atoms with Crippen LogP contribution in [-0.2, 0) is 4.79 Å². The van der Waals surface area contributed by atoms with E-state index in [0.717, 1.165) is 17.7 Å². The van der Waals surface area contributed by atoms with Crippen LogP contribution in [0, 0.1) is 6.92 Å². The Bertz CT molecular complexity index is 397. The largest absolute Gasteiger partial charge is 0.493 e. The number of rotatable bonds is 7. The number of carboxylic acids is 1. The molecule has 0 aliphatic heterocycles. The molecule has 1 rings (SSSR count). The van der Waals surface area contributed by atoms with Crippen molar-refractivity contribution in [3.63, 3.8) is 0 Å². The zero-order chi connectivity index (χ0) is 13.5. The van der Waals surface area contributed by atoms with E-state index in [9.17, 15) is 4.79 Å². The first-order valence-electron chi connectivity index (χ1n) is 6.46. The van der Waals surface area contributed by atoms with Crippen LogP contribution in [0.3, 0.4) is 0 Å². The summed E-state index contributed by atoms with van der Waals surface area (Å²) in [5.74, 6) is 0.657. The predicted molar refractivity (Wildman–Crippen MR) is 72.2 cm³/mol. The molecule has 0 amide bonds. The van der Waals surface area contributed by atoms with E-state index in [0.29, 0.717) is 18.9 Å². The minimum atomic E-state index is -0.743. The Morgan fingerprint density at radius 2 is 2.06 bits per heavy atom. The lowest BCUT2D eigenvalue weighted by molar-refractivity contribution is -0.137. The minimum absolute atomic E-state index is 0.217. The first-order valence-corrected chi connectivity index (χ1v) is 6.46. The lowest BCUT2D eigenvalue weighted by Crippen LogP contribution is -2.02. The van der Waals surface area contributed by atoms with E-state index in [1.54, 1.807) is 0 Å². The molecule has 1 N–H and O–H groups in total. The second kappa shape index (κ2) is 7.04. The molecule has 0 atom stereocenters. The van der Waals surface area contributed by atoms with Crippen LogP contribution in [0.25, 0.3) is 0 Å². The molecule has 0 unspecified atom stereocenters. The van der Waals surface area contributed by atoms with E-state index in [1.807, 2.05) is 6.92 Å². The van der Waals surface area contributed by atoms with Crippen LogP contribution in [0.15, 0.2) is 18.2 Å². The molecular formula is C15H22O3. The number of aliphatic carboxylic acids is 1. The zero-order valence-electron chi connectivity index (χ0n) is 11.4. The van der Waals surface area contributed by atoms with Crippen molar-refractivity contribution in [2.45, 2.75) is 46.0 Å². The van der Waals surface area contributed by atoms with Crippen molar-refractivity contribution in [2.75, 3.05) is 6.61 Å². The standard InChI is InChI=1S/C15H22O3/c1-11(2)13-8-7-12(3)14(10-13)18-9-5-4-6-15(16)17/h7-8,10-11H,4-6,9H2,1-3H3,(H,16,17). The summed E-state index contributed by atoms with van der Waals surface area (Å²) in [6, 6.07) is 6.27. The molecule has 18 heavy (non-hydrogen) atoms. The first kappa shape index (κ1) is 14.6. The normalized spacial score (nSPS) is 10.7. The fraction of sp³-hybridized carbons (Fsp3) is 0.533. The number of ether oxygens (including phenoxy) is 1. The molecule has 1 aromatic carbocycles. The Labute approximate surface area is 109 Å². The van der Waals surface area contributed by atoms with Gasteiger partial charge in [-0.25, -0.2) is 0 Å². The summed E-state index contributed by atoms with van der Waals surface area (Å²) in [6.07, 6.45) is 1.66. The van der Waals surface area contributed by atoms with Gasteiger partial charge in [-0.05, 0) is 42.9 Å². The molecule has 100 valence electrons. The summed E-state index contributed by atoms with van der Waals surface area (Å²) in [5, 5.41) is 8.53. The van der Waals surface area contributed by atoms with Gasteiger partial charge in [0.2, 0.25) is 0 Å². The first-order chi connectivity index (χ1) is 8.50. The average Bonchev–Trinajstić information content (AvgIpc) is 2.30. The lowest BCUT2D eigenvalue weighted by atomic mass is 10.0. The van der Waals surface area contributed by atoms with Crippen molar-refractivity contribution in [1.29, 1.82) is 0 Å². The second-order valence-corrected chi connectivity index (χ2v) is 4.88. The summed E-state index contributed by atoms with van der Waals surface area (Å²) in [4.78, 5) is 10.4. The SMILES string of the molecule is Cc1ccc(C(C)C)cc1OCCCCC(=O)O. The molecule has 0 saturated heterocycles. The van der Waals surface area contributed by atoms with Crippen LogP contribution in [0.5, 0.6) is 5.75 Å². The highest BCUT2D eigenvalue weighted by Crippen LogP contribution is 2.24. The zero-order valence-corrected chi connectivity index (χ0v) is 11.4. The Kier molecular flexibility index (Phi) is 5.69. The molecule has 3 heteroatoms. The van der Waals surface area contributed by atoms with Crippen molar-refractivity contribution in [3.8, 4) is 5.75 Å². The average molecular weight is 250 g/mol. The highest BCUT2D eigenvalue weighted by atomic mass is 16.5. The van der Waals surface area contributed by atoms with Crippen LogP contribution < -0.4 is 4.74 Å². The van der Waals surface area contributed by atoms with E-state index in [1.165, 1.54) is 5.56 Å². The summed E-state index contributed by atoms with van der Waals surface area (Å²) < 4.78 is 5.72. The number of hydrogen-bond acceptors (Lipinski definition) is 2. The smallest absolute Gasteiger partial charge is 0.303 e. The van der Waals surface area contributed by atoms with Crippen LogP contribution in [0.4, 0.5) is 0 Å². The quantitative estimate of drug-likeness (QED) is 0.750. The second-order valence-electron chi connectivity index (χ2n) is 4.88. The molecule has 0 aliphatic carbocycles. The van der Waals surface area contributed by atoms with Gasteiger partial charge in [-0.2, -0.15) is 0 Å². The van der Waals surface area contributed by atoms with Gasteiger partial charge < -0.3 is 9.84 Å². The Morgan fingerprint density at radius 3 is 2.67 bits per heavy atom. The fourth-order valence-corrected chi connectivity index (χ4v) is 1.69. The third-order valence-electron chi connectivity index (χ3n) is 2.92. The maximum Gasteiger partial charge on any atom is 0.303 e. The van der Waals surface area contributed by atoms with Crippen molar-refractivity contribution in [2.24, 2.45) is 0 Å². The Balaban J connectivity index is 2.46. The monoisotopic (exact) mass is 250 g/mol. The third kappa shape index (κ3) is 4.78. The minimum Gasteiger partial charge on any atom is -0.493 e. The van der Waals surface area contributed by atoms with Gasteiger partial charge in [0.1, 0.15) is 5.75 Å². The molecule has 1 aromatic rings. The molecule has 0 saturated carbocycles. The van der Waals surface area contributed by atoms with Crippen LogP contribution >= 0.6 is 0 Å². The number of carboxylic acid groups (broad SMARTS) is 1. The number of benzene rings is 1. The van der Waals surface area contributed by atoms with Crippen molar-refractivity contribution >= 4 is 5.97 Å². The van der Waals surface area contributed by atoms with E-state index in [4.69, 9.17) is 9.84 Å². The van der Waals surface area contributed by atoms with Gasteiger partial charge in [0, 0.05) is 6.42 Å². The summed E-state index contributed by atoms with van der Waals surface area (Å²) in [5.41, 5.74) is 2.39. The highest BCUT2D eigenvalue weighted by molar-refractivity contribution is 5.66. The Hall–Kier alpha value is -1.51. The van der Waals surface area contributed by atoms with Crippen LogP contribution in [-0.4, -0.2) is 17.7 Å². The van der Waals surface area contributed by atoms with Gasteiger partial charge in [-0.1, -0.05) is 26.0 Å². The van der Waals surface area contributed by atoms with Gasteiger partial charge in [0.25, 0.3) is 0 Å². The van der Waals surface area contributed by atoms with E-state index in [2.05, 4.69) is 32.0 Å². The number of hydrogen-bond donors (Lipinski definition) is 1. The number of carbonyl (C=O) groups is 1. The van der Waals surface area contributed by atoms with E-state index >= 15 is 0 Å². The third-order valence-corrected chi connectivity index (χ3v) is 2.92. The highest BCUT2D eigenvalue weighted by Gasteiger charge is 2.05. The molecule has 0 aliphatic rings. The molecule has 3 nitrogen and oxygen atoms in total. The fourth-order valence-electron chi connectivity index (χ4n) is 1.69. The topological polar surface area (TPSA) is 46.5 Å². The molecule has 0 fully saturated rings. The maximum absolute atomic E-state index is 10.4. The van der Waals surface area contributed by atoms with Gasteiger partial charge >= 0.3 is 5.97 Å². The molecule has 0 radical (unpaired) electrons. The molecule has 0 bridgehead atoms. The van der Waals surface area contributed by atoms with Gasteiger partial charge in [0.15, 0.2) is 0 Å². The summed E-state index contributed by atoms with van der Waals surface area (Å²) >= 11 is 0. The number of unbranched alkanes of at least 4 members (excludes halogenated alkanes) is 1. The van der Waals surface area contributed by atoms with Crippen LogP contribution in [0.1, 0.15) is 50.2 Å². The van der Waals surface area contributed by atoms with Crippen LogP contribution in [0.2, 0.25) is 0 Å². The van der Waals surface area contributed by atoms with Gasteiger partial charge in [-0.3, -0.25) is 4.79 Å².